The van der Waals surface area contributed by atoms with Crippen molar-refractivity contribution in [2.75, 3.05) is 19.6 Å². The zero-order valence-electron chi connectivity index (χ0n) is 13.4. The molecule has 1 aromatic carbocycles. The largest absolute Gasteiger partial charge is 0.353 e. The molecular weight excluding hydrogens is 324 g/mol. The first-order valence-electron chi connectivity index (χ1n) is 7.93. The molecule has 0 spiro atoms. The molecular formula is C17H18N4O2S. The van der Waals surface area contributed by atoms with E-state index in [0.29, 0.717) is 24.5 Å². The number of aromatic nitrogens is 1. The van der Waals surface area contributed by atoms with Crippen LogP contribution in [0, 0.1) is 11.3 Å². The molecule has 6 nitrogen and oxygen atoms in total. The van der Waals surface area contributed by atoms with Crippen LogP contribution in [0.25, 0.3) is 10.2 Å². The minimum Gasteiger partial charge on any atom is -0.353 e. The van der Waals surface area contributed by atoms with Crippen molar-refractivity contribution in [1.82, 2.24) is 15.2 Å². The van der Waals surface area contributed by atoms with Gasteiger partial charge in [-0.05, 0) is 18.6 Å². The van der Waals surface area contributed by atoms with Gasteiger partial charge >= 0.3 is 0 Å². The predicted octanol–water partition coefficient (Wildman–Crippen LogP) is 1.68. The normalized spacial score (nSPS) is 19.7. The van der Waals surface area contributed by atoms with Crippen molar-refractivity contribution in [1.29, 1.82) is 5.26 Å². The van der Waals surface area contributed by atoms with E-state index in [0.717, 1.165) is 10.2 Å². The number of rotatable bonds is 5. The number of amides is 1. The van der Waals surface area contributed by atoms with E-state index >= 15 is 0 Å². The highest BCUT2D eigenvalue weighted by atomic mass is 32.1. The van der Waals surface area contributed by atoms with Crippen LogP contribution in [-0.4, -0.2) is 47.3 Å². The molecule has 1 amide bonds. The first-order chi connectivity index (χ1) is 11.6. The highest BCUT2D eigenvalue weighted by Crippen LogP contribution is 2.28. The zero-order chi connectivity index (χ0) is 17.1. The van der Waals surface area contributed by atoms with E-state index in [1.54, 1.807) is 0 Å². The predicted molar refractivity (Wildman–Crippen MR) is 91.6 cm³/mol. The Morgan fingerprint density at radius 1 is 1.54 bits per heavy atom. The van der Waals surface area contributed by atoms with Gasteiger partial charge < -0.3 is 5.32 Å². The fourth-order valence-electron chi connectivity index (χ4n) is 2.96. The number of Topliss-reactive ketones (excluding diaryl/α,β-unsaturated/α-hetero) is 1. The van der Waals surface area contributed by atoms with Crippen molar-refractivity contribution < 1.29 is 9.59 Å². The van der Waals surface area contributed by atoms with E-state index < -0.39 is 5.92 Å². The molecule has 2 atom stereocenters. The lowest BCUT2D eigenvalue weighted by atomic mass is 10.0. The lowest BCUT2D eigenvalue weighted by molar-refractivity contribution is -0.131. The molecule has 1 saturated heterocycles. The molecule has 0 aliphatic carbocycles. The molecule has 1 fully saturated rings. The third-order valence-electron chi connectivity index (χ3n) is 4.20. The average Bonchev–Trinajstić information content (AvgIpc) is 2.99. The Labute approximate surface area is 144 Å². The van der Waals surface area contributed by atoms with Crippen molar-refractivity contribution in [2.45, 2.75) is 25.3 Å². The summed E-state index contributed by atoms with van der Waals surface area (Å²) in [4.78, 5) is 30.9. The zero-order valence-corrected chi connectivity index (χ0v) is 14.2. The molecule has 1 aliphatic heterocycles. The molecule has 1 aliphatic rings. The molecule has 24 heavy (non-hydrogen) atoms. The average molecular weight is 342 g/mol. The van der Waals surface area contributed by atoms with E-state index in [2.05, 4.69) is 16.4 Å². The van der Waals surface area contributed by atoms with Crippen LogP contribution in [0.2, 0.25) is 0 Å². The van der Waals surface area contributed by atoms with Crippen LogP contribution in [0.1, 0.15) is 24.3 Å². The van der Waals surface area contributed by atoms with Crippen LogP contribution in [0.3, 0.4) is 0 Å². The van der Waals surface area contributed by atoms with E-state index in [1.807, 2.05) is 36.1 Å². The number of nitrogens with zero attached hydrogens (tertiary/aromatic N) is 3. The molecule has 1 aromatic heterocycles. The maximum Gasteiger partial charge on any atom is 0.237 e. The highest BCUT2D eigenvalue weighted by molar-refractivity contribution is 7.18. The lowest BCUT2D eigenvalue weighted by Gasteiger charge is -2.34. The first-order valence-corrected chi connectivity index (χ1v) is 8.75. The van der Waals surface area contributed by atoms with E-state index in [1.165, 1.54) is 11.3 Å². The molecule has 2 heterocycles. The maximum atomic E-state index is 12.7. The number of nitriles is 1. The molecule has 0 saturated carbocycles. The van der Waals surface area contributed by atoms with Gasteiger partial charge in [0.15, 0.2) is 11.7 Å². The Hall–Kier alpha value is -2.30. The molecule has 2 unspecified atom stereocenters. The van der Waals surface area contributed by atoms with Crippen molar-refractivity contribution in [3.8, 4) is 6.07 Å². The number of thiazole rings is 1. The maximum absolute atomic E-state index is 12.7. The molecule has 124 valence electrons. The van der Waals surface area contributed by atoms with E-state index in [-0.39, 0.29) is 24.3 Å². The third-order valence-corrected chi connectivity index (χ3v) is 5.30. The molecule has 7 heteroatoms. The van der Waals surface area contributed by atoms with Gasteiger partial charge in [-0.15, -0.1) is 11.3 Å². The molecule has 3 rings (SSSR count). The summed E-state index contributed by atoms with van der Waals surface area (Å²) in [5.74, 6) is -1.14. The van der Waals surface area contributed by atoms with Gasteiger partial charge in [-0.1, -0.05) is 19.1 Å². The Morgan fingerprint density at radius 3 is 3.04 bits per heavy atom. The van der Waals surface area contributed by atoms with E-state index in [4.69, 9.17) is 0 Å². The van der Waals surface area contributed by atoms with Crippen molar-refractivity contribution >= 4 is 33.2 Å². The SMILES string of the molecule is CCC1C(=O)NCCN1CC(=O)C(C#N)c1nc2ccccc2s1. The highest BCUT2D eigenvalue weighted by Gasteiger charge is 2.32. The topological polar surface area (TPSA) is 86.1 Å². The summed E-state index contributed by atoms with van der Waals surface area (Å²) in [5.41, 5.74) is 0.800. The van der Waals surface area contributed by atoms with Gasteiger partial charge in [0.25, 0.3) is 0 Å². The lowest BCUT2D eigenvalue weighted by Crippen LogP contribution is -2.56. The van der Waals surface area contributed by atoms with Gasteiger partial charge in [0.2, 0.25) is 5.91 Å². The number of hydrogen-bond donors (Lipinski definition) is 1. The summed E-state index contributed by atoms with van der Waals surface area (Å²) in [5, 5.41) is 12.8. The van der Waals surface area contributed by atoms with Crippen molar-refractivity contribution in [2.24, 2.45) is 0 Å². The third kappa shape index (κ3) is 3.16. The second-order valence-corrected chi connectivity index (χ2v) is 6.80. The van der Waals surface area contributed by atoms with Crippen LogP contribution in [-0.2, 0) is 9.59 Å². The number of ketones is 1. The summed E-state index contributed by atoms with van der Waals surface area (Å²) in [6.45, 7) is 3.16. The standard InChI is InChI=1S/C17H18N4O2S/c1-2-13-16(23)19-7-8-21(13)10-14(22)11(9-18)17-20-12-5-3-4-6-15(12)24-17/h3-6,11,13H,2,7-8,10H2,1H3,(H,19,23). The Kier molecular flexibility index (Phi) is 4.88. The number of carbonyl (C=O) groups excluding carboxylic acids is 2. The number of benzene rings is 1. The van der Waals surface area contributed by atoms with Crippen LogP contribution in [0.4, 0.5) is 0 Å². The summed E-state index contributed by atoms with van der Waals surface area (Å²) in [6.07, 6.45) is 0.636. The van der Waals surface area contributed by atoms with Gasteiger partial charge in [0.1, 0.15) is 5.01 Å². The van der Waals surface area contributed by atoms with Gasteiger partial charge in [0.05, 0.1) is 28.9 Å². The Morgan fingerprint density at radius 2 is 2.33 bits per heavy atom. The fraction of sp³-hybridized carbons (Fsp3) is 0.412. The second kappa shape index (κ2) is 7.07. The molecule has 1 N–H and O–H groups in total. The number of fused-ring (bicyclic) bond motifs is 1. The van der Waals surface area contributed by atoms with Crippen LogP contribution >= 0.6 is 11.3 Å². The van der Waals surface area contributed by atoms with Crippen LogP contribution < -0.4 is 5.32 Å². The molecule has 2 aromatic rings. The number of hydrogen-bond acceptors (Lipinski definition) is 6. The minimum absolute atomic E-state index is 0.0509. The van der Waals surface area contributed by atoms with Crippen LogP contribution in [0.5, 0.6) is 0 Å². The number of carbonyl (C=O) groups is 2. The fourth-order valence-corrected chi connectivity index (χ4v) is 4.00. The van der Waals surface area contributed by atoms with Gasteiger partial charge in [-0.25, -0.2) is 4.98 Å². The monoisotopic (exact) mass is 342 g/mol. The van der Waals surface area contributed by atoms with Gasteiger partial charge in [-0.3, -0.25) is 14.5 Å². The summed E-state index contributed by atoms with van der Waals surface area (Å²) in [7, 11) is 0. The van der Waals surface area contributed by atoms with Crippen molar-refractivity contribution in [3.63, 3.8) is 0 Å². The van der Waals surface area contributed by atoms with Gasteiger partial charge in [-0.2, -0.15) is 5.26 Å². The van der Waals surface area contributed by atoms with Crippen molar-refractivity contribution in [3.05, 3.63) is 29.3 Å². The van der Waals surface area contributed by atoms with Crippen LogP contribution in [0.15, 0.2) is 24.3 Å². The molecule has 0 bridgehead atoms. The smallest absolute Gasteiger partial charge is 0.237 e. The molecule has 0 radical (unpaired) electrons. The summed E-state index contributed by atoms with van der Waals surface area (Å²) >= 11 is 1.38. The van der Waals surface area contributed by atoms with E-state index in [9.17, 15) is 14.9 Å². The number of para-hydroxylation sites is 1. The quantitative estimate of drug-likeness (QED) is 0.893. The Balaban J connectivity index is 1.79. The Bertz CT molecular complexity index is 777. The number of piperazine rings is 1. The summed E-state index contributed by atoms with van der Waals surface area (Å²) < 4.78 is 0.962. The number of nitrogens with one attached hydrogen (secondary N) is 1. The summed E-state index contributed by atoms with van der Waals surface area (Å²) in [6, 6.07) is 9.37. The van der Waals surface area contributed by atoms with Gasteiger partial charge in [0, 0.05) is 13.1 Å². The minimum atomic E-state index is -0.884. The second-order valence-electron chi connectivity index (χ2n) is 5.73. The first kappa shape index (κ1) is 16.6.